The fourth-order valence-electron chi connectivity index (χ4n) is 4.62. The minimum atomic E-state index is -0.476. The molecule has 0 aliphatic carbocycles. The van der Waals surface area contributed by atoms with Gasteiger partial charge < -0.3 is 14.5 Å². The van der Waals surface area contributed by atoms with Crippen LogP contribution in [0.4, 0.5) is 11.5 Å². The summed E-state index contributed by atoms with van der Waals surface area (Å²) in [6, 6.07) is 9.76. The summed E-state index contributed by atoms with van der Waals surface area (Å²) in [5, 5.41) is 24.0. The SMILES string of the molecule is COc1cc(-n2cc([N+](=O)[O-])cn2)ccc1-c1ccc(N(C)C2CCN(C)C(C)(C)C2C)nn1. The van der Waals surface area contributed by atoms with E-state index in [4.69, 9.17) is 4.74 Å². The van der Waals surface area contributed by atoms with Crippen LogP contribution in [0, 0.1) is 16.0 Å². The molecule has 4 rings (SSSR count). The molecule has 1 aliphatic rings. The number of benzene rings is 1. The molecule has 180 valence electrons. The molecule has 1 fully saturated rings. The number of likely N-dealkylation sites (tertiary alicyclic amines) is 1. The largest absolute Gasteiger partial charge is 0.496 e. The molecule has 0 radical (unpaired) electrons. The van der Waals surface area contributed by atoms with Crippen LogP contribution in [0.3, 0.4) is 0 Å². The molecule has 0 N–H and O–H groups in total. The summed E-state index contributed by atoms with van der Waals surface area (Å²) in [6.45, 7) is 7.94. The molecule has 3 aromatic rings. The van der Waals surface area contributed by atoms with Crippen molar-refractivity contribution in [3.8, 4) is 22.7 Å². The fraction of sp³-hybridized carbons (Fsp3) is 0.458. The maximum Gasteiger partial charge on any atom is 0.307 e. The van der Waals surface area contributed by atoms with Gasteiger partial charge in [-0.25, -0.2) is 4.68 Å². The first kappa shape index (κ1) is 23.6. The molecule has 3 heterocycles. The van der Waals surface area contributed by atoms with Crippen molar-refractivity contribution in [2.75, 3.05) is 32.6 Å². The van der Waals surface area contributed by atoms with E-state index in [9.17, 15) is 10.1 Å². The number of hydrogen-bond acceptors (Lipinski definition) is 8. The molecule has 1 aliphatic heterocycles. The zero-order chi connectivity index (χ0) is 24.6. The molecular weight excluding hydrogens is 434 g/mol. The second-order valence-electron chi connectivity index (χ2n) is 9.39. The van der Waals surface area contributed by atoms with Crippen molar-refractivity contribution in [3.05, 3.63) is 52.8 Å². The molecule has 1 saturated heterocycles. The van der Waals surface area contributed by atoms with Gasteiger partial charge in [0.1, 0.15) is 18.1 Å². The smallest absolute Gasteiger partial charge is 0.307 e. The van der Waals surface area contributed by atoms with E-state index < -0.39 is 4.92 Å². The molecule has 10 nitrogen and oxygen atoms in total. The Kier molecular flexibility index (Phi) is 6.26. The first-order valence-corrected chi connectivity index (χ1v) is 11.3. The van der Waals surface area contributed by atoms with Gasteiger partial charge in [-0.2, -0.15) is 5.10 Å². The highest BCUT2D eigenvalue weighted by molar-refractivity contribution is 5.69. The normalized spacial score (nSPS) is 20.2. The number of nitrogens with zero attached hydrogens (tertiary/aromatic N) is 7. The van der Waals surface area contributed by atoms with Crippen LogP contribution in [-0.4, -0.2) is 69.1 Å². The van der Waals surface area contributed by atoms with Gasteiger partial charge in [0.05, 0.1) is 23.4 Å². The maximum absolute atomic E-state index is 11.0. The van der Waals surface area contributed by atoms with E-state index in [1.54, 1.807) is 13.2 Å². The summed E-state index contributed by atoms with van der Waals surface area (Å²) in [4.78, 5) is 15.1. The zero-order valence-electron chi connectivity index (χ0n) is 20.5. The van der Waals surface area contributed by atoms with Gasteiger partial charge in [0.15, 0.2) is 5.82 Å². The predicted molar refractivity (Wildman–Crippen MR) is 130 cm³/mol. The maximum atomic E-state index is 11.0. The van der Waals surface area contributed by atoms with E-state index in [0.717, 1.165) is 24.3 Å². The second kappa shape index (κ2) is 9.02. The zero-order valence-corrected chi connectivity index (χ0v) is 20.5. The highest BCUT2D eigenvalue weighted by Crippen LogP contribution is 2.36. The summed E-state index contributed by atoms with van der Waals surface area (Å²) in [5.41, 5.74) is 2.15. The van der Waals surface area contributed by atoms with Crippen molar-refractivity contribution < 1.29 is 9.66 Å². The Bertz CT molecular complexity index is 1180. The molecule has 0 saturated carbocycles. The van der Waals surface area contributed by atoms with Crippen LogP contribution in [0.1, 0.15) is 27.2 Å². The van der Waals surface area contributed by atoms with Gasteiger partial charge in [0.25, 0.3) is 0 Å². The van der Waals surface area contributed by atoms with Gasteiger partial charge in [-0.15, -0.1) is 10.2 Å². The Morgan fingerprint density at radius 1 is 1.24 bits per heavy atom. The topological polar surface area (TPSA) is 102 Å². The summed E-state index contributed by atoms with van der Waals surface area (Å²) in [5.74, 6) is 1.88. The Balaban J connectivity index is 1.57. The molecule has 2 aromatic heterocycles. The average molecular weight is 466 g/mol. The van der Waals surface area contributed by atoms with Gasteiger partial charge in [0, 0.05) is 36.8 Å². The molecule has 1 aromatic carbocycles. The van der Waals surface area contributed by atoms with Gasteiger partial charge in [0.2, 0.25) is 0 Å². The number of ether oxygens (including phenoxy) is 1. The van der Waals surface area contributed by atoms with Gasteiger partial charge in [-0.3, -0.25) is 10.1 Å². The van der Waals surface area contributed by atoms with Crippen LogP contribution >= 0.6 is 0 Å². The molecular formula is C24H31N7O3. The number of rotatable bonds is 6. The molecule has 10 heteroatoms. The Labute approximate surface area is 199 Å². The lowest BCUT2D eigenvalue weighted by molar-refractivity contribution is -0.384. The van der Waals surface area contributed by atoms with E-state index in [1.165, 1.54) is 17.1 Å². The van der Waals surface area contributed by atoms with Crippen molar-refractivity contribution in [2.24, 2.45) is 5.92 Å². The third-order valence-electron chi connectivity index (χ3n) is 7.45. The fourth-order valence-corrected chi connectivity index (χ4v) is 4.62. The molecule has 2 unspecified atom stereocenters. The number of aromatic nitrogens is 4. The lowest BCUT2D eigenvalue weighted by Crippen LogP contribution is -2.59. The number of anilines is 1. The van der Waals surface area contributed by atoms with Crippen LogP contribution in [0.5, 0.6) is 5.75 Å². The molecule has 34 heavy (non-hydrogen) atoms. The minimum absolute atomic E-state index is 0.0732. The number of piperidine rings is 1. The molecule has 0 spiro atoms. The lowest BCUT2D eigenvalue weighted by atomic mass is 9.77. The predicted octanol–water partition coefficient (Wildman–Crippen LogP) is 3.80. The van der Waals surface area contributed by atoms with Gasteiger partial charge in [-0.05, 0) is 57.5 Å². The number of hydrogen-bond donors (Lipinski definition) is 0. The third-order valence-corrected chi connectivity index (χ3v) is 7.45. The van der Waals surface area contributed by atoms with E-state index in [2.05, 4.69) is 60.0 Å². The minimum Gasteiger partial charge on any atom is -0.496 e. The van der Waals surface area contributed by atoms with Crippen LogP contribution in [0.15, 0.2) is 42.7 Å². The van der Waals surface area contributed by atoms with E-state index in [-0.39, 0.29) is 11.2 Å². The standard InChI is InChI=1S/C24H31N7O3/c1-16-21(11-12-28(4)24(16,2)3)29(5)23-10-9-20(26-27-23)19-8-7-17(13-22(19)34-6)30-15-18(14-25-30)31(32)33/h7-10,13-16,21H,11-12H2,1-6H3. The molecule has 2 atom stereocenters. The van der Waals surface area contributed by atoms with E-state index >= 15 is 0 Å². The molecule has 0 amide bonds. The number of methoxy groups -OCH3 is 1. The quantitative estimate of drug-likeness (QED) is 0.400. The van der Waals surface area contributed by atoms with Gasteiger partial charge in [-0.1, -0.05) is 6.92 Å². The van der Waals surface area contributed by atoms with Crippen molar-refractivity contribution in [2.45, 2.75) is 38.8 Å². The first-order chi connectivity index (χ1) is 16.1. The van der Waals surface area contributed by atoms with E-state index in [0.29, 0.717) is 29.1 Å². The highest BCUT2D eigenvalue weighted by atomic mass is 16.6. The van der Waals surface area contributed by atoms with Crippen LogP contribution in [-0.2, 0) is 0 Å². The summed E-state index contributed by atoms with van der Waals surface area (Å²) >= 11 is 0. The van der Waals surface area contributed by atoms with Crippen molar-refractivity contribution in [1.29, 1.82) is 0 Å². The van der Waals surface area contributed by atoms with E-state index in [1.807, 2.05) is 24.3 Å². The van der Waals surface area contributed by atoms with Crippen molar-refractivity contribution in [1.82, 2.24) is 24.9 Å². The van der Waals surface area contributed by atoms with Crippen molar-refractivity contribution >= 4 is 11.5 Å². The Morgan fingerprint density at radius 2 is 2.00 bits per heavy atom. The average Bonchev–Trinajstić information content (AvgIpc) is 3.33. The molecule has 0 bridgehead atoms. The first-order valence-electron chi connectivity index (χ1n) is 11.3. The third kappa shape index (κ3) is 4.21. The number of nitro groups is 1. The highest BCUT2D eigenvalue weighted by Gasteiger charge is 2.41. The second-order valence-corrected chi connectivity index (χ2v) is 9.39. The Hall–Kier alpha value is -3.53. The summed E-state index contributed by atoms with van der Waals surface area (Å²) < 4.78 is 7.02. The van der Waals surface area contributed by atoms with Crippen LogP contribution in [0.25, 0.3) is 16.9 Å². The van der Waals surface area contributed by atoms with Crippen LogP contribution in [0.2, 0.25) is 0 Å². The van der Waals surface area contributed by atoms with Gasteiger partial charge >= 0.3 is 5.69 Å². The van der Waals surface area contributed by atoms with Crippen LogP contribution < -0.4 is 9.64 Å². The summed E-state index contributed by atoms with van der Waals surface area (Å²) in [7, 11) is 5.85. The van der Waals surface area contributed by atoms with Crippen molar-refractivity contribution in [3.63, 3.8) is 0 Å². The monoisotopic (exact) mass is 465 g/mol. The Morgan fingerprint density at radius 3 is 2.62 bits per heavy atom. The summed E-state index contributed by atoms with van der Waals surface area (Å²) in [6.07, 6.45) is 3.65. The lowest BCUT2D eigenvalue weighted by Gasteiger charge is -2.51.